The zero-order valence-corrected chi connectivity index (χ0v) is 11.3. The summed E-state index contributed by atoms with van der Waals surface area (Å²) in [7, 11) is 3.71. The van der Waals surface area contributed by atoms with Crippen molar-refractivity contribution < 1.29 is 4.79 Å². The summed E-state index contributed by atoms with van der Waals surface area (Å²) in [5, 5.41) is 3.03. The Morgan fingerprint density at radius 3 is 2.75 bits per heavy atom. The van der Waals surface area contributed by atoms with Gasteiger partial charge < -0.3 is 10.2 Å². The molecule has 1 aromatic rings. The van der Waals surface area contributed by atoms with Crippen molar-refractivity contribution in [2.45, 2.75) is 6.42 Å². The van der Waals surface area contributed by atoms with Crippen molar-refractivity contribution in [1.29, 1.82) is 0 Å². The van der Waals surface area contributed by atoms with Gasteiger partial charge in [0.05, 0.1) is 6.42 Å². The van der Waals surface area contributed by atoms with E-state index in [0.717, 1.165) is 23.1 Å². The van der Waals surface area contributed by atoms with Crippen LogP contribution in [0.3, 0.4) is 0 Å². The zero-order valence-electron chi connectivity index (χ0n) is 9.66. The van der Waals surface area contributed by atoms with Gasteiger partial charge in [-0.15, -0.1) is 0 Å². The molecule has 4 heteroatoms. The lowest BCUT2D eigenvalue weighted by Crippen LogP contribution is -2.33. The van der Waals surface area contributed by atoms with Gasteiger partial charge in [0.1, 0.15) is 0 Å². The van der Waals surface area contributed by atoms with Gasteiger partial charge in [0.15, 0.2) is 0 Å². The normalized spacial score (nSPS) is 10.2. The number of nitrogens with zero attached hydrogens (tertiary/aromatic N) is 1. The van der Waals surface area contributed by atoms with Crippen molar-refractivity contribution >= 4 is 21.8 Å². The van der Waals surface area contributed by atoms with E-state index in [2.05, 4.69) is 21.2 Å². The van der Waals surface area contributed by atoms with Gasteiger partial charge in [-0.2, -0.15) is 0 Å². The topological polar surface area (TPSA) is 32.3 Å². The second kappa shape index (κ2) is 6.66. The van der Waals surface area contributed by atoms with Crippen molar-refractivity contribution in [1.82, 2.24) is 10.2 Å². The molecule has 0 fully saturated rings. The quantitative estimate of drug-likeness (QED) is 0.892. The third-order valence-corrected chi connectivity index (χ3v) is 3.20. The predicted molar refractivity (Wildman–Crippen MR) is 69.4 cm³/mol. The Kier molecular flexibility index (Phi) is 5.49. The predicted octanol–water partition coefficient (Wildman–Crippen LogP) is 1.67. The van der Waals surface area contributed by atoms with E-state index >= 15 is 0 Å². The molecule has 1 rings (SSSR count). The van der Waals surface area contributed by atoms with Crippen molar-refractivity contribution in [3.63, 3.8) is 0 Å². The summed E-state index contributed by atoms with van der Waals surface area (Å²) in [6, 6.07) is 7.81. The Morgan fingerprint density at radius 2 is 2.12 bits per heavy atom. The standard InChI is InChI=1S/C12H17BrN2O/c1-14-7-8-15(2)12(16)9-10-5-3-4-6-11(10)13/h3-6,14H,7-9H2,1-2H3. The van der Waals surface area contributed by atoms with Gasteiger partial charge in [-0.1, -0.05) is 34.1 Å². The van der Waals surface area contributed by atoms with E-state index in [1.54, 1.807) is 4.90 Å². The Labute approximate surface area is 105 Å². The fourth-order valence-corrected chi connectivity index (χ4v) is 1.77. The lowest BCUT2D eigenvalue weighted by Gasteiger charge is -2.17. The maximum Gasteiger partial charge on any atom is 0.226 e. The van der Waals surface area contributed by atoms with Gasteiger partial charge in [0, 0.05) is 24.6 Å². The van der Waals surface area contributed by atoms with Crippen molar-refractivity contribution in [2.24, 2.45) is 0 Å². The molecule has 1 aromatic carbocycles. The minimum Gasteiger partial charge on any atom is -0.344 e. The molecular formula is C12H17BrN2O. The van der Waals surface area contributed by atoms with Crippen LogP contribution in [-0.2, 0) is 11.2 Å². The first kappa shape index (κ1) is 13.2. The number of likely N-dealkylation sites (N-methyl/N-ethyl adjacent to an activating group) is 2. The van der Waals surface area contributed by atoms with Crippen LogP contribution in [0.15, 0.2) is 28.7 Å². The van der Waals surface area contributed by atoms with Crippen molar-refractivity contribution in [3.05, 3.63) is 34.3 Å². The van der Waals surface area contributed by atoms with Crippen LogP contribution in [0, 0.1) is 0 Å². The lowest BCUT2D eigenvalue weighted by molar-refractivity contribution is -0.129. The Morgan fingerprint density at radius 1 is 1.44 bits per heavy atom. The van der Waals surface area contributed by atoms with Crippen LogP contribution >= 0.6 is 15.9 Å². The summed E-state index contributed by atoms with van der Waals surface area (Å²) >= 11 is 3.44. The third-order valence-electron chi connectivity index (χ3n) is 2.42. The SMILES string of the molecule is CNCCN(C)C(=O)Cc1ccccc1Br. The number of carbonyl (C=O) groups is 1. The maximum atomic E-state index is 11.8. The van der Waals surface area contributed by atoms with Crippen LogP contribution in [0.5, 0.6) is 0 Å². The van der Waals surface area contributed by atoms with Crippen LogP contribution in [0.2, 0.25) is 0 Å². The minimum atomic E-state index is 0.141. The highest BCUT2D eigenvalue weighted by atomic mass is 79.9. The van der Waals surface area contributed by atoms with Gasteiger partial charge in [0.2, 0.25) is 5.91 Å². The number of carbonyl (C=O) groups excluding carboxylic acids is 1. The van der Waals surface area contributed by atoms with Gasteiger partial charge >= 0.3 is 0 Å². The van der Waals surface area contributed by atoms with Crippen LogP contribution in [0.4, 0.5) is 0 Å². The van der Waals surface area contributed by atoms with Crippen LogP contribution in [0.1, 0.15) is 5.56 Å². The number of rotatable bonds is 5. The molecule has 0 saturated carbocycles. The smallest absolute Gasteiger partial charge is 0.226 e. The van der Waals surface area contributed by atoms with Gasteiger partial charge in [-0.25, -0.2) is 0 Å². The molecular weight excluding hydrogens is 268 g/mol. The number of hydrogen-bond acceptors (Lipinski definition) is 2. The van der Waals surface area contributed by atoms with E-state index in [4.69, 9.17) is 0 Å². The highest BCUT2D eigenvalue weighted by Gasteiger charge is 2.10. The molecule has 0 aliphatic heterocycles. The van der Waals surface area contributed by atoms with E-state index in [-0.39, 0.29) is 5.91 Å². The van der Waals surface area contributed by atoms with E-state index in [9.17, 15) is 4.79 Å². The van der Waals surface area contributed by atoms with Crippen molar-refractivity contribution in [3.8, 4) is 0 Å². The summed E-state index contributed by atoms with van der Waals surface area (Å²) in [4.78, 5) is 13.6. The monoisotopic (exact) mass is 284 g/mol. The first-order chi connectivity index (χ1) is 7.65. The molecule has 0 unspecified atom stereocenters. The van der Waals surface area contributed by atoms with Crippen LogP contribution in [-0.4, -0.2) is 38.0 Å². The summed E-state index contributed by atoms with van der Waals surface area (Å²) in [5.41, 5.74) is 1.03. The van der Waals surface area contributed by atoms with Gasteiger partial charge in [0.25, 0.3) is 0 Å². The molecule has 0 radical (unpaired) electrons. The first-order valence-electron chi connectivity index (χ1n) is 5.27. The molecule has 0 bridgehead atoms. The summed E-state index contributed by atoms with van der Waals surface area (Å²) in [5.74, 6) is 0.141. The summed E-state index contributed by atoms with van der Waals surface area (Å²) < 4.78 is 0.991. The van der Waals surface area contributed by atoms with Crippen molar-refractivity contribution in [2.75, 3.05) is 27.2 Å². The number of benzene rings is 1. The average Bonchev–Trinajstić information content (AvgIpc) is 2.28. The van der Waals surface area contributed by atoms with E-state index in [0.29, 0.717) is 6.42 Å². The zero-order chi connectivity index (χ0) is 12.0. The Hall–Kier alpha value is -0.870. The molecule has 1 N–H and O–H groups in total. The molecule has 0 heterocycles. The maximum absolute atomic E-state index is 11.8. The molecule has 0 aliphatic carbocycles. The van der Waals surface area contributed by atoms with E-state index < -0.39 is 0 Å². The number of amides is 1. The van der Waals surface area contributed by atoms with Crippen LogP contribution in [0.25, 0.3) is 0 Å². The number of nitrogens with one attached hydrogen (secondary N) is 1. The number of hydrogen-bond donors (Lipinski definition) is 1. The minimum absolute atomic E-state index is 0.141. The third kappa shape index (κ3) is 3.94. The molecule has 0 saturated heterocycles. The molecule has 0 aromatic heterocycles. The first-order valence-corrected chi connectivity index (χ1v) is 6.06. The molecule has 88 valence electrons. The Bertz CT molecular complexity index is 355. The average molecular weight is 285 g/mol. The molecule has 0 atom stereocenters. The van der Waals surface area contributed by atoms with E-state index in [1.807, 2.05) is 38.4 Å². The Balaban J connectivity index is 2.54. The second-order valence-corrected chi connectivity index (χ2v) is 4.54. The van der Waals surface area contributed by atoms with E-state index in [1.165, 1.54) is 0 Å². The molecule has 1 amide bonds. The summed E-state index contributed by atoms with van der Waals surface area (Å²) in [6.07, 6.45) is 0.446. The highest BCUT2D eigenvalue weighted by molar-refractivity contribution is 9.10. The molecule has 0 spiro atoms. The number of halogens is 1. The second-order valence-electron chi connectivity index (χ2n) is 3.69. The molecule has 0 aliphatic rings. The largest absolute Gasteiger partial charge is 0.344 e. The van der Waals surface area contributed by atoms with Crippen LogP contribution < -0.4 is 5.32 Å². The van der Waals surface area contributed by atoms with Gasteiger partial charge in [-0.3, -0.25) is 4.79 Å². The highest BCUT2D eigenvalue weighted by Crippen LogP contribution is 2.16. The molecule has 3 nitrogen and oxygen atoms in total. The molecule has 16 heavy (non-hydrogen) atoms. The lowest BCUT2D eigenvalue weighted by atomic mass is 10.1. The fraction of sp³-hybridized carbons (Fsp3) is 0.417. The summed E-state index contributed by atoms with van der Waals surface area (Å²) in [6.45, 7) is 1.55. The van der Waals surface area contributed by atoms with Gasteiger partial charge in [-0.05, 0) is 18.7 Å². The fourth-order valence-electron chi connectivity index (χ4n) is 1.34.